The van der Waals surface area contributed by atoms with Crippen molar-refractivity contribution in [1.29, 1.82) is 0 Å². The first-order chi connectivity index (χ1) is 7.63. The molecule has 0 saturated heterocycles. The summed E-state index contributed by atoms with van der Waals surface area (Å²) in [4.78, 5) is 4.46. The third-order valence-corrected chi connectivity index (χ3v) is 2.19. The van der Waals surface area contributed by atoms with Crippen LogP contribution in [0.15, 0.2) is 6.20 Å². The minimum absolute atomic E-state index is 0.626. The molecule has 0 atom stereocenters. The first-order valence-electron chi connectivity index (χ1n) is 5.98. The molecule has 92 valence electrons. The Morgan fingerprint density at radius 2 is 2.25 bits per heavy atom. The second-order valence-electron chi connectivity index (χ2n) is 4.38. The van der Waals surface area contributed by atoms with Crippen LogP contribution in [0.1, 0.15) is 26.5 Å². The molecule has 16 heavy (non-hydrogen) atoms. The zero-order valence-electron chi connectivity index (χ0n) is 10.8. The van der Waals surface area contributed by atoms with Crippen molar-refractivity contribution in [3.8, 4) is 0 Å². The van der Waals surface area contributed by atoms with E-state index < -0.39 is 0 Å². The zero-order chi connectivity index (χ0) is 12.0. The third-order valence-electron chi connectivity index (χ3n) is 2.19. The van der Waals surface area contributed by atoms with Crippen molar-refractivity contribution in [3.63, 3.8) is 0 Å². The summed E-state index contributed by atoms with van der Waals surface area (Å²) in [5.74, 6) is 1.58. The van der Waals surface area contributed by atoms with Crippen LogP contribution in [-0.4, -0.2) is 29.3 Å². The molecule has 0 bridgehead atoms. The molecule has 1 N–H and O–H groups in total. The lowest BCUT2D eigenvalue weighted by molar-refractivity contribution is 0.158. The highest BCUT2D eigenvalue weighted by Gasteiger charge is 2.06. The number of ether oxygens (including phenoxy) is 1. The summed E-state index contributed by atoms with van der Waals surface area (Å²) in [6, 6.07) is 0. The fraction of sp³-hybridized carbons (Fsp3) is 0.750. The molecule has 0 fully saturated rings. The summed E-state index contributed by atoms with van der Waals surface area (Å²) in [5.41, 5.74) is 1.06. The molecule has 0 unspecified atom stereocenters. The number of aryl methyl sites for hydroxylation is 1. The van der Waals surface area contributed by atoms with Crippen LogP contribution in [0.2, 0.25) is 0 Å². The van der Waals surface area contributed by atoms with Gasteiger partial charge in [-0.2, -0.15) is 0 Å². The van der Waals surface area contributed by atoms with Gasteiger partial charge in [-0.3, -0.25) is 0 Å². The van der Waals surface area contributed by atoms with E-state index in [4.69, 9.17) is 4.74 Å². The first kappa shape index (κ1) is 13.0. The average Bonchev–Trinajstić information content (AvgIpc) is 2.53. The van der Waals surface area contributed by atoms with Crippen molar-refractivity contribution in [2.75, 3.05) is 25.1 Å². The monoisotopic (exact) mass is 225 g/mol. The molecule has 0 spiro atoms. The van der Waals surface area contributed by atoms with Gasteiger partial charge in [-0.25, -0.2) is 4.98 Å². The van der Waals surface area contributed by atoms with Crippen LogP contribution in [0, 0.1) is 12.8 Å². The number of hydrogen-bond donors (Lipinski definition) is 1. The summed E-state index contributed by atoms with van der Waals surface area (Å²) in [6.07, 6.45) is 2.09. The number of aromatic nitrogens is 2. The molecule has 0 aliphatic rings. The van der Waals surface area contributed by atoms with Crippen molar-refractivity contribution < 1.29 is 4.74 Å². The van der Waals surface area contributed by atoms with E-state index in [0.717, 1.165) is 37.9 Å². The highest BCUT2D eigenvalue weighted by Crippen LogP contribution is 2.10. The Bertz CT molecular complexity index is 307. The van der Waals surface area contributed by atoms with Gasteiger partial charge < -0.3 is 14.6 Å². The second-order valence-corrected chi connectivity index (χ2v) is 4.38. The minimum atomic E-state index is 0.626. The number of nitrogens with one attached hydrogen (secondary N) is 1. The maximum Gasteiger partial charge on any atom is 0.203 e. The highest BCUT2D eigenvalue weighted by molar-refractivity contribution is 5.28. The smallest absolute Gasteiger partial charge is 0.203 e. The van der Waals surface area contributed by atoms with Gasteiger partial charge in [-0.05, 0) is 19.8 Å². The highest BCUT2D eigenvalue weighted by atomic mass is 16.5. The quantitative estimate of drug-likeness (QED) is 0.724. The lowest BCUT2D eigenvalue weighted by Gasteiger charge is -2.11. The van der Waals surface area contributed by atoms with E-state index in [2.05, 4.69) is 34.9 Å². The van der Waals surface area contributed by atoms with Gasteiger partial charge in [0.25, 0.3) is 0 Å². The third kappa shape index (κ3) is 4.23. The van der Waals surface area contributed by atoms with Gasteiger partial charge in [-0.15, -0.1) is 0 Å². The van der Waals surface area contributed by atoms with Crippen molar-refractivity contribution in [2.45, 2.75) is 34.2 Å². The number of nitrogens with zero attached hydrogens (tertiary/aromatic N) is 2. The number of hydrogen-bond acceptors (Lipinski definition) is 3. The average molecular weight is 225 g/mol. The molecule has 0 saturated carbocycles. The number of imidazole rings is 1. The Morgan fingerprint density at radius 1 is 1.50 bits per heavy atom. The van der Waals surface area contributed by atoms with E-state index in [1.807, 2.05) is 13.8 Å². The standard InChI is InChI=1S/C12H23N3O/c1-5-16-7-6-13-12-14-11(4)9-15(12)8-10(2)3/h9-10H,5-8H2,1-4H3,(H,13,14). The minimum Gasteiger partial charge on any atom is -0.380 e. The summed E-state index contributed by atoms with van der Waals surface area (Å²) in [7, 11) is 0. The summed E-state index contributed by atoms with van der Waals surface area (Å²) in [6.45, 7) is 11.7. The molecule has 0 radical (unpaired) electrons. The fourth-order valence-electron chi connectivity index (χ4n) is 1.60. The van der Waals surface area contributed by atoms with Gasteiger partial charge in [0.05, 0.1) is 12.3 Å². The van der Waals surface area contributed by atoms with E-state index >= 15 is 0 Å². The fourth-order valence-corrected chi connectivity index (χ4v) is 1.60. The maximum absolute atomic E-state index is 5.28. The molecule has 0 amide bonds. The molecule has 4 heteroatoms. The Morgan fingerprint density at radius 3 is 2.88 bits per heavy atom. The summed E-state index contributed by atoms with van der Waals surface area (Å²) >= 11 is 0. The molecule has 1 aromatic heterocycles. The van der Waals surface area contributed by atoms with Gasteiger partial charge in [0, 0.05) is 25.9 Å². The SMILES string of the molecule is CCOCCNc1nc(C)cn1CC(C)C. The molecular weight excluding hydrogens is 202 g/mol. The van der Waals surface area contributed by atoms with Crippen LogP contribution in [0.3, 0.4) is 0 Å². The van der Waals surface area contributed by atoms with Gasteiger partial charge in [0.2, 0.25) is 5.95 Å². The van der Waals surface area contributed by atoms with E-state index in [-0.39, 0.29) is 0 Å². The normalized spacial score (nSPS) is 11.1. The van der Waals surface area contributed by atoms with Crippen LogP contribution in [0.25, 0.3) is 0 Å². The molecular formula is C12H23N3O. The molecule has 1 rings (SSSR count). The largest absolute Gasteiger partial charge is 0.380 e. The van der Waals surface area contributed by atoms with Crippen molar-refractivity contribution in [3.05, 3.63) is 11.9 Å². The topological polar surface area (TPSA) is 39.1 Å². The first-order valence-corrected chi connectivity index (χ1v) is 5.98. The molecule has 0 aromatic carbocycles. The number of anilines is 1. The van der Waals surface area contributed by atoms with Gasteiger partial charge in [-0.1, -0.05) is 13.8 Å². The Kier molecular flexibility index (Phi) is 5.32. The molecule has 0 aliphatic carbocycles. The molecule has 1 heterocycles. The summed E-state index contributed by atoms with van der Waals surface area (Å²) < 4.78 is 7.46. The van der Waals surface area contributed by atoms with Gasteiger partial charge in [0.1, 0.15) is 0 Å². The molecule has 4 nitrogen and oxygen atoms in total. The van der Waals surface area contributed by atoms with Crippen LogP contribution < -0.4 is 5.32 Å². The van der Waals surface area contributed by atoms with Crippen molar-refractivity contribution in [2.24, 2.45) is 5.92 Å². The lowest BCUT2D eigenvalue weighted by atomic mass is 10.2. The van der Waals surface area contributed by atoms with Gasteiger partial charge in [0.15, 0.2) is 0 Å². The van der Waals surface area contributed by atoms with Crippen LogP contribution in [0.5, 0.6) is 0 Å². The Balaban J connectivity index is 2.50. The van der Waals surface area contributed by atoms with E-state index in [9.17, 15) is 0 Å². The summed E-state index contributed by atoms with van der Waals surface area (Å²) in [5, 5.41) is 3.30. The van der Waals surface area contributed by atoms with E-state index in [1.54, 1.807) is 0 Å². The Hall–Kier alpha value is -1.03. The van der Waals surface area contributed by atoms with Crippen LogP contribution >= 0.6 is 0 Å². The van der Waals surface area contributed by atoms with Crippen LogP contribution in [0.4, 0.5) is 5.95 Å². The molecule has 0 aliphatic heterocycles. The van der Waals surface area contributed by atoms with Gasteiger partial charge >= 0.3 is 0 Å². The molecule has 1 aromatic rings. The second kappa shape index (κ2) is 6.53. The Labute approximate surface area is 98.0 Å². The predicted molar refractivity (Wildman–Crippen MR) is 66.8 cm³/mol. The number of rotatable bonds is 7. The lowest BCUT2D eigenvalue weighted by Crippen LogP contribution is -2.14. The van der Waals surface area contributed by atoms with Crippen LogP contribution in [-0.2, 0) is 11.3 Å². The van der Waals surface area contributed by atoms with Crippen molar-refractivity contribution >= 4 is 5.95 Å². The van der Waals surface area contributed by atoms with Crippen molar-refractivity contribution in [1.82, 2.24) is 9.55 Å². The van der Waals surface area contributed by atoms with E-state index in [0.29, 0.717) is 5.92 Å². The zero-order valence-corrected chi connectivity index (χ0v) is 10.8. The van der Waals surface area contributed by atoms with E-state index in [1.165, 1.54) is 0 Å². The maximum atomic E-state index is 5.28. The predicted octanol–water partition coefficient (Wildman–Crippen LogP) is 2.30.